The molecule has 43 heavy (non-hydrogen) atoms. The van der Waals surface area contributed by atoms with Crippen LogP contribution in [0, 0.1) is 0 Å². The predicted molar refractivity (Wildman–Crippen MR) is 168 cm³/mol. The summed E-state index contributed by atoms with van der Waals surface area (Å²) < 4.78 is 34.1. The first-order valence-electron chi connectivity index (χ1n) is 15.1. The van der Waals surface area contributed by atoms with Crippen LogP contribution in [0.2, 0.25) is 0 Å². The first kappa shape index (κ1) is 29.4. The molecule has 0 amide bonds. The molecule has 4 aromatic rings. The van der Waals surface area contributed by atoms with Crippen LogP contribution in [0.1, 0.15) is 25.0 Å². The zero-order valence-corrected chi connectivity index (χ0v) is 25.0. The average molecular weight is 581 g/mol. The lowest BCUT2D eigenvalue weighted by molar-refractivity contribution is -0.212. The number of epoxide rings is 2. The molecule has 6 nitrogen and oxygen atoms in total. The number of hydrogen-bond donors (Lipinski definition) is 0. The molecule has 2 fully saturated rings. The molecule has 6 rings (SSSR count). The molecular formula is C37H40O6. The molecule has 2 saturated heterocycles. The Morgan fingerprint density at radius 2 is 0.860 bits per heavy atom. The Morgan fingerprint density at radius 1 is 0.535 bits per heavy atom. The number of benzene rings is 4. The second-order valence-electron chi connectivity index (χ2n) is 11.6. The topological polar surface area (TPSA) is 62.0 Å². The molecule has 2 atom stereocenters. The van der Waals surface area contributed by atoms with E-state index in [4.69, 9.17) is 28.4 Å². The average Bonchev–Trinajstić information content (AvgIpc) is 3.96. The molecule has 2 heterocycles. The highest BCUT2D eigenvalue weighted by Crippen LogP contribution is 2.26. The summed E-state index contributed by atoms with van der Waals surface area (Å²) in [5.74, 6) is 1.10. The van der Waals surface area contributed by atoms with Crippen molar-refractivity contribution in [2.24, 2.45) is 0 Å². The zero-order valence-electron chi connectivity index (χ0n) is 25.0. The van der Waals surface area contributed by atoms with Crippen molar-refractivity contribution < 1.29 is 28.4 Å². The van der Waals surface area contributed by atoms with Gasteiger partial charge in [0, 0.05) is 0 Å². The van der Waals surface area contributed by atoms with Crippen molar-refractivity contribution in [2.45, 2.75) is 44.7 Å². The molecule has 6 heteroatoms. The lowest BCUT2D eigenvalue weighted by Gasteiger charge is -2.26. The first-order valence-corrected chi connectivity index (χ1v) is 15.1. The normalized spacial score (nSPS) is 17.4. The minimum atomic E-state index is -0.648. The highest BCUT2D eigenvalue weighted by Gasteiger charge is 2.23. The van der Waals surface area contributed by atoms with Crippen LogP contribution in [-0.4, -0.2) is 57.6 Å². The lowest BCUT2D eigenvalue weighted by Crippen LogP contribution is -2.30. The van der Waals surface area contributed by atoms with Crippen molar-refractivity contribution in [1.82, 2.24) is 0 Å². The van der Waals surface area contributed by atoms with Crippen LogP contribution in [-0.2, 0) is 31.8 Å². The third kappa shape index (κ3) is 9.15. The number of hydrogen-bond acceptors (Lipinski definition) is 6. The van der Waals surface area contributed by atoms with E-state index in [0.29, 0.717) is 26.4 Å². The fourth-order valence-electron chi connectivity index (χ4n) is 4.79. The molecule has 2 unspecified atom stereocenters. The van der Waals surface area contributed by atoms with Gasteiger partial charge in [-0.3, -0.25) is 0 Å². The van der Waals surface area contributed by atoms with Crippen molar-refractivity contribution in [2.75, 3.05) is 39.6 Å². The van der Waals surface area contributed by atoms with E-state index in [1.807, 2.05) is 38.1 Å². The third-order valence-electron chi connectivity index (χ3n) is 7.64. The predicted octanol–water partition coefficient (Wildman–Crippen LogP) is 7.13. The Balaban J connectivity index is 0.894. The third-order valence-corrected chi connectivity index (χ3v) is 7.64. The fourth-order valence-corrected chi connectivity index (χ4v) is 4.79. The Morgan fingerprint density at radius 3 is 1.19 bits per heavy atom. The summed E-state index contributed by atoms with van der Waals surface area (Å²) >= 11 is 0. The van der Waals surface area contributed by atoms with Gasteiger partial charge in [-0.2, -0.15) is 0 Å². The van der Waals surface area contributed by atoms with Crippen molar-refractivity contribution in [1.29, 1.82) is 0 Å². The molecule has 0 aromatic heterocycles. The van der Waals surface area contributed by atoms with Gasteiger partial charge in [0.05, 0.1) is 26.4 Å². The van der Waals surface area contributed by atoms with Gasteiger partial charge in [-0.1, -0.05) is 72.8 Å². The molecule has 0 radical (unpaired) electrons. The van der Waals surface area contributed by atoms with Crippen LogP contribution >= 0.6 is 0 Å². The van der Waals surface area contributed by atoms with E-state index in [0.717, 1.165) is 37.6 Å². The van der Waals surface area contributed by atoms with Crippen molar-refractivity contribution in [3.05, 3.63) is 108 Å². The molecule has 0 N–H and O–H groups in total. The summed E-state index contributed by atoms with van der Waals surface area (Å²) in [4.78, 5) is 0. The fraction of sp³-hybridized carbons (Fsp3) is 0.351. The minimum absolute atomic E-state index is 0.265. The van der Waals surface area contributed by atoms with Gasteiger partial charge in [-0.15, -0.1) is 0 Å². The van der Waals surface area contributed by atoms with Gasteiger partial charge in [0.1, 0.15) is 36.9 Å². The molecule has 0 saturated carbocycles. The molecule has 2 aliphatic heterocycles. The molecular weight excluding hydrogens is 540 g/mol. The highest BCUT2D eigenvalue weighted by atomic mass is 16.7. The largest absolute Gasteiger partial charge is 0.491 e. The number of rotatable bonds is 16. The minimum Gasteiger partial charge on any atom is -0.491 e. The maximum atomic E-state index is 6.10. The van der Waals surface area contributed by atoms with E-state index in [2.05, 4.69) is 72.8 Å². The van der Waals surface area contributed by atoms with Gasteiger partial charge in [0.25, 0.3) is 0 Å². The van der Waals surface area contributed by atoms with E-state index >= 15 is 0 Å². The highest BCUT2D eigenvalue weighted by molar-refractivity contribution is 5.65. The number of ether oxygens (including phenoxy) is 6. The summed E-state index contributed by atoms with van der Waals surface area (Å²) in [5.41, 5.74) is 7.17. The van der Waals surface area contributed by atoms with Gasteiger partial charge in [0.2, 0.25) is 0 Å². The van der Waals surface area contributed by atoms with Crippen LogP contribution in [0.4, 0.5) is 0 Å². The van der Waals surface area contributed by atoms with E-state index < -0.39 is 5.79 Å². The zero-order chi connectivity index (χ0) is 29.5. The molecule has 224 valence electrons. The summed E-state index contributed by atoms with van der Waals surface area (Å²) in [5, 5.41) is 0. The van der Waals surface area contributed by atoms with E-state index in [-0.39, 0.29) is 12.2 Å². The molecule has 0 spiro atoms. The van der Waals surface area contributed by atoms with Crippen LogP contribution in [0.15, 0.2) is 97.1 Å². The van der Waals surface area contributed by atoms with E-state index in [1.165, 1.54) is 33.4 Å². The Labute approximate surface area is 254 Å². The first-order chi connectivity index (χ1) is 21.0. The van der Waals surface area contributed by atoms with Crippen LogP contribution in [0.25, 0.3) is 22.3 Å². The lowest BCUT2D eigenvalue weighted by atomic mass is 10.0. The van der Waals surface area contributed by atoms with Crippen molar-refractivity contribution >= 4 is 0 Å². The summed E-state index contributed by atoms with van der Waals surface area (Å²) in [6.07, 6.45) is 2.18. The second kappa shape index (κ2) is 13.7. The maximum Gasteiger partial charge on any atom is 0.162 e. The van der Waals surface area contributed by atoms with Gasteiger partial charge >= 0.3 is 0 Å². The second-order valence-corrected chi connectivity index (χ2v) is 11.6. The van der Waals surface area contributed by atoms with Gasteiger partial charge in [-0.05, 0) is 84.3 Å². The standard InChI is InChI=1S/C37H40O6/c1-37(2,42-21-19-27-3-7-29(8-4-27)31-11-15-33(16-12-31)38-23-35-25-40-35)43-22-20-28-5-9-30(10-6-28)32-13-17-34(18-14-32)39-24-36-26-41-36/h3-18,35-36H,19-26H2,1-2H3. The van der Waals surface area contributed by atoms with Gasteiger partial charge < -0.3 is 28.4 Å². The summed E-state index contributed by atoms with van der Waals surface area (Å²) in [6.45, 7) is 8.00. The smallest absolute Gasteiger partial charge is 0.162 e. The van der Waals surface area contributed by atoms with Crippen molar-refractivity contribution in [3.8, 4) is 33.8 Å². The Bertz CT molecular complexity index is 1310. The Kier molecular flexibility index (Phi) is 9.39. The van der Waals surface area contributed by atoms with E-state index in [1.54, 1.807) is 0 Å². The maximum absolute atomic E-state index is 6.10. The molecule has 2 aliphatic rings. The Hall–Kier alpha value is -3.68. The van der Waals surface area contributed by atoms with Crippen LogP contribution in [0.3, 0.4) is 0 Å². The molecule has 0 aliphatic carbocycles. The summed E-state index contributed by atoms with van der Waals surface area (Å²) in [7, 11) is 0. The quantitative estimate of drug-likeness (QED) is 0.104. The SMILES string of the molecule is CC(C)(OCCc1ccc(-c2ccc(OCC3CO3)cc2)cc1)OCCc1ccc(-c2ccc(OCC3CO3)cc2)cc1. The van der Waals surface area contributed by atoms with Gasteiger partial charge in [-0.25, -0.2) is 0 Å². The van der Waals surface area contributed by atoms with Gasteiger partial charge in [0.15, 0.2) is 5.79 Å². The molecule has 0 bridgehead atoms. The van der Waals surface area contributed by atoms with Crippen LogP contribution < -0.4 is 9.47 Å². The molecule has 4 aromatic carbocycles. The van der Waals surface area contributed by atoms with Crippen LogP contribution in [0.5, 0.6) is 11.5 Å². The van der Waals surface area contributed by atoms with Crippen molar-refractivity contribution in [3.63, 3.8) is 0 Å². The monoisotopic (exact) mass is 580 g/mol. The summed E-state index contributed by atoms with van der Waals surface area (Å²) in [6, 6.07) is 33.7. The van der Waals surface area contributed by atoms with E-state index in [9.17, 15) is 0 Å².